The van der Waals surface area contributed by atoms with Gasteiger partial charge in [-0.25, -0.2) is 0 Å². The summed E-state index contributed by atoms with van der Waals surface area (Å²) in [5.41, 5.74) is 5.93. The van der Waals surface area contributed by atoms with Crippen LogP contribution in [0.3, 0.4) is 0 Å². The van der Waals surface area contributed by atoms with E-state index in [1.165, 1.54) is 58.3 Å². The fraction of sp³-hybridized carbons (Fsp3) is 1.00. The minimum atomic E-state index is 0.779. The molecular weight excluding hydrogens is 222 g/mol. The first-order valence-corrected chi connectivity index (χ1v) is 7.74. The molecule has 1 aliphatic carbocycles. The number of hydrogen-bond donors (Lipinski definition) is 1. The van der Waals surface area contributed by atoms with Crippen LogP contribution in [0.15, 0.2) is 0 Å². The molecule has 3 nitrogen and oxygen atoms in total. The number of hydrogen-bond acceptors (Lipinski definition) is 3. The molecule has 1 saturated carbocycles. The van der Waals surface area contributed by atoms with Crippen molar-refractivity contribution in [3.63, 3.8) is 0 Å². The Morgan fingerprint density at radius 1 is 1.06 bits per heavy atom. The molecule has 108 valence electrons. The number of nitrogens with two attached hydrogens (primary N) is 1. The molecule has 1 aliphatic rings. The molecule has 0 aromatic heterocycles. The molecular formula is C15H33N3. The molecule has 0 amide bonds. The molecule has 0 aromatic rings. The molecule has 2 N–H and O–H groups in total. The predicted molar refractivity (Wildman–Crippen MR) is 79.8 cm³/mol. The zero-order valence-electron chi connectivity index (χ0n) is 12.7. The van der Waals surface area contributed by atoms with Gasteiger partial charge in [0.2, 0.25) is 0 Å². The first-order chi connectivity index (χ1) is 8.67. The van der Waals surface area contributed by atoms with Gasteiger partial charge in [-0.2, -0.15) is 0 Å². The minimum Gasteiger partial charge on any atom is -0.330 e. The van der Waals surface area contributed by atoms with Gasteiger partial charge >= 0.3 is 0 Å². The van der Waals surface area contributed by atoms with E-state index >= 15 is 0 Å². The average Bonchev–Trinajstić information content (AvgIpc) is 2.37. The largest absolute Gasteiger partial charge is 0.330 e. The van der Waals surface area contributed by atoms with Gasteiger partial charge in [-0.15, -0.1) is 0 Å². The van der Waals surface area contributed by atoms with Crippen LogP contribution < -0.4 is 5.73 Å². The van der Waals surface area contributed by atoms with E-state index in [9.17, 15) is 0 Å². The normalized spacial score (nSPS) is 25.0. The van der Waals surface area contributed by atoms with Crippen LogP contribution in [0.2, 0.25) is 0 Å². The van der Waals surface area contributed by atoms with Crippen molar-refractivity contribution >= 4 is 0 Å². The van der Waals surface area contributed by atoms with E-state index < -0.39 is 0 Å². The first-order valence-electron chi connectivity index (χ1n) is 7.74. The standard InChI is InChI=1S/C15H33N3/c1-4-18(11-7-10-17(2)3)13-15-9-6-5-8-14(15)12-16/h14-15H,4-13,16H2,1-3H3. The Balaban J connectivity index is 2.31. The highest BCUT2D eigenvalue weighted by molar-refractivity contribution is 4.78. The third-order valence-corrected chi connectivity index (χ3v) is 4.39. The maximum atomic E-state index is 5.93. The van der Waals surface area contributed by atoms with Crippen LogP contribution in [0.4, 0.5) is 0 Å². The van der Waals surface area contributed by atoms with Gasteiger partial charge in [0.05, 0.1) is 0 Å². The van der Waals surface area contributed by atoms with Gasteiger partial charge in [0.1, 0.15) is 0 Å². The van der Waals surface area contributed by atoms with Gasteiger partial charge in [-0.1, -0.05) is 19.8 Å². The molecule has 0 radical (unpaired) electrons. The average molecular weight is 255 g/mol. The highest BCUT2D eigenvalue weighted by Crippen LogP contribution is 2.29. The monoisotopic (exact) mass is 255 g/mol. The first kappa shape index (κ1) is 15.9. The van der Waals surface area contributed by atoms with Gasteiger partial charge in [-0.05, 0) is 71.4 Å². The topological polar surface area (TPSA) is 32.5 Å². The fourth-order valence-electron chi connectivity index (χ4n) is 3.16. The summed E-state index contributed by atoms with van der Waals surface area (Å²) in [6.45, 7) is 8.06. The van der Waals surface area contributed by atoms with Crippen LogP contribution in [0.1, 0.15) is 39.0 Å². The maximum Gasteiger partial charge on any atom is 0.00127 e. The molecule has 0 aromatic carbocycles. The van der Waals surface area contributed by atoms with Gasteiger partial charge in [0.15, 0.2) is 0 Å². The summed E-state index contributed by atoms with van der Waals surface area (Å²) in [6, 6.07) is 0. The van der Waals surface area contributed by atoms with Crippen LogP contribution >= 0.6 is 0 Å². The molecule has 18 heavy (non-hydrogen) atoms. The second-order valence-electron chi connectivity index (χ2n) is 6.09. The van der Waals surface area contributed by atoms with Crippen molar-refractivity contribution in [2.75, 3.05) is 46.8 Å². The number of nitrogens with zero attached hydrogens (tertiary/aromatic N) is 2. The van der Waals surface area contributed by atoms with Gasteiger partial charge in [0, 0.05) is 6.54 Å². The van der Waals surface area contributed by atoms with Crippen LogP contribution in [0.25, 0.3) is 0 Å². The third-order valence-electron chi connectivity index (χ3n) is 4.39. The van der Waals surface area contributed by atoms with E-state index in [0.29, 0.717) is 0 Å². The van der Waals surface area contributed by atoms with Crippen LogP contribution in [0.5, 0.6) is 0 Å². The smallest absolute Gasteiger partial charge is 0.00127 e. The van der Waals surface area contributed by atoms with Crippen molar-refractivity contribution in [3.05, 3.63) is 0 Å². The highest BCUT2D eigenvalue weighted by Gasteiger charge is 2.25. The van der Waals surface area contributed by atoms with Crippen molar-refractivity contribution in [2.24, 2.45) is 17.6 Å². The van der Waals surface area contributed by atoms with Crippen LogP contribution in [-0.4, -0.2) is 56.6 Å². The Labute approximate surface area is 114 Å². The van der Waals surface area contributed by atoms with E-state index in [0.717, 1.165) is 18.4 Å². The molecule has 3 heteroatoms. The Hall–Kier alpha value is -0.120. The Bertz CT molecular complexity index is 206. The summed E-state index contributed by atoms with van der Waals surface area (Å²) in [5, 5.41) is 0. The van der Waals surface area contributed by atoms with E-state index in [-0.39, 0.29) is 0 Å². The van der Waals surface area contributed by atoms with Crippen molar-refractivity contribution in [3.8, 4) is 0 Å². The Kier molecular flexibility index (Phi) is 7.87. The molecule has 2 atom stereocenters. The van der Waals surface area contributed by atoms with E-state index in [1.807, 2.05) is 0 Å². The van der Waals surface area contributed by atoms with Gasteiger partial charge in [0.25, 0.3) is 0 Å². The third kappa shape index (κ3) is 5.68. The highest BCUT2D eigenvalue weighted by atomic mass is 15.1. The summed E-state index contributed by atoms with van der Waals surface area (Å²) in [7, 11) is 4.31. The lowest BCUT2D eigenvalue weighted by molar-refractivity contribution is 0.155. The van der Waals surface area contributed by atoms with Crippen LogP contribution in [-0.2, 0) is 0 Å². The van der Waals surface area contributed by atoms with Crippen molar-refractivity contribution < 1.29 is 0 Å². The minimum absolute atomic E-state index is 0.779. The summed E-state index contributed by atoms with van der Waals surface area (Å²) < 4.78 is 0. The quantitative estimate of drug-likeness (QED) is 0.720. The van der Waals surface area contributed by atoms with E-state index in [2.05, 4.69) is 30.8 Å². The lowest BCUT2D eigenvalue weighted by Crippen LogP contribution is -2.38. The summed E-state index contributed by atoms with van der Waals surface area (Å²) in [6.07, 6.45) is 6.84. The lowest BCUT2D eigenvalue weighted by Gasteiger charge is -2.35. The zero-order valence-corrected chi connectivity index (χ0v) is 12.7. The van der Waals surface area contributed by atoms with E-state index in [4.69, 9.17) is 5.73 Å². The molecule has 0 spiro atoms. The molecule has 0 aliphatic heterocycles. The predicted octanol–water partition coefficient (Wildman–Crippen LogP) is 2.03. The Morgan fingerprint density at radius 3 is 2.28 bits per heavy atom. The second kappa shape index (κ2) is 8.89. The van der Waals surface area contributed by atoms with Crippen molar-refractivity contribution in [1.82, 2.24) is 9.80 Å². The van der Waals surface area contributed by atoms with E-state index in [1.54, 1.807) is 0 Å². The van der Waals surface area contributed by atoms with Crippen molar-refractivity contribution in [2.45, 2.75) is 39.0 Å². The zero-order chi connectivity index (χ0) is 13.4. The molecule has 0 heterocycles. The van der Waals surface area contributed by atoms with Gasteiger partial charge in [-0.3, -0.25) is 0 Å². The fourth-order valence-corrected chi connectivity index (χ4v) is 3.16. The Morgan fingerprint density at radius 2 is 1.72 bits per heavy atom. The molecule has 1 rings (SSSR count). The van der Waals surface area contributed by atoms with Crippen molar-refractivity contribution in [1.29, 1.82) is 0 Å². The summed E-state index contributed by atoms with van der Waals surface area (Å²) in [4.78, 5) is 4.90. The molecule has 0 saturated heterocycles. The van der Waals surface area contributed by atoms with Crippen LogP contribution in [0, 0.1) is 11.8 Å². The summed E-state index contributed by atoms with van der Waals surface area (Å²) >= 11 is 0. The lowest BCUT2D eigenvalue weighted by atomic mass is 9.79. The maximum absolute atomic E-state index is 5.93. The summed E-state index contributed by atoms with van der Waals surface area (Å²) in [5.74, 6) is 1.63. The second-order valence-corrected chi connectivity index (χ2v) is 6.09. The SMILES string of the molecule is CCN(CCCN(C)C)CC1CCCCC1CN. The molecule has 0 bridgehead atoms. The number of rotatable bonds is 8. The molecule has 2 unspecified atom stereocenters. The molecule has 1 fully saturated rings. The van der Waals surface area contributed by atoms with Gasteiger partial charge < -0.3 is 15.5 Å².